The van der Waals surface area contributed by atoms with Crippen LogP contribution in [-0.2, 0) is 11.3 Å². The van der Waals surface area contributed by atoms with Gasteiger partial charge in [0.1, 0.15) is 5.82 Å². The van der Waals surface area contributed by atoms with Crippen molar-refractivity contribution in [2.75, 3.05) is 0 Å². The zero-order chi connectivity index (χ0) is 14.7. The zero-order valence-corrected chi connectivity index (χ0v) is 11.5. The number of carbonyl (C=O) groups excluding carboxylic acids is 1. The number of rotatable bonds is 5. The lowest BCUT2D eigenvalue weighted by molar-refractivity contribution is -0.121. The summed E-state index contributed by atoms with van der Waals surface area (Å²) in [6.45, 7) is 4.09. The molecule has 106 valence electrons. The van der Waals surface area contributed by atoms with Crippen LogP contribution in [0.5, 0.6) is 0 Å². The molecule has 1 aromatic carbocycles. The van der Waals surface area contributed by atoms with Crippen molar-refractivity contribution < 1.29 is 4.79 Å². The molecule has 0 aliphatic heterocycles. The fourth-order valence-corrected chi connectivity index (χ4v) is 2.09. The molecule has 2 rings (SSSR count). The standard InChI is InChI=1S/C14H18N4O2/c1-8(2)12(13(15)19)16-7-11-17-10-6-4-3-5-9(10)14(20)18-11/h3-6,8,12,16H,7H2,1-2H3,(H2,15,19)(H,17,18,20). The SMILES string of the molecule is CC(C)C(NCc1nc2ccccc2c(=O)[nH]1)C(N)=O. The second-order valence-electron chi connectivity index (χ2n) is 5.03. The Hall–Kier alpha value is -2.21. The summed E-state index contributed by atoms with van der Waals surface area (Å²) >= 11 is 0. The van der Waals surface area contributed by atoms with E-state index in [4.69, 9.17) is 5.73 Å². The van der Waals surface area contributed by atoms with Gasteiger partial charge in [-0.25, -0.2) is 4.98 Å². The molecular weight excluding hydrogens is 256 g/mol. The minimum Gasteiger partial charge on any atom is -0.368 e. The molecule has 0 saturated heterocycles. The molecule has 0 aliphatic rings. The Labute approximate surface area is 116 Å². The third-order valence-electron chi connectivity index (χ3n) is 3.12. The second-order valence-corrected chi connectivity index (χ2v) is 5.03. The molecule has 2 aromatic rings. The highest BCUT2D eigenvalue weighted by Gasteiger charge is 2.18. The van der Waals surface area contributed by atoms with Crippen LogP contribution in [0.3, 0.4) is 0 Å². The first kappa shape index (κ1) is 14.2. The molecule has 0 fully saturated rings. The van der Waals surface area contributed by atoms with Crippen molar-refractivity contribution in [3.63, 3.8) is 0 Å². The van der Waals surface area contributed by atoms with Crippen LogP contribution >= 0.6 is 0 Å². The van der Waals surface area contributed by atoms with E-state index in [0.29, 0.717) is 16.7 Å². The van der Waals surface area contributed by atoms with Crippen molar-refractivity contribution in [2.45, 2.75) is 26.4 Å². The molecule has 0 aliphatic carbocycles. The van der Waals surface area contributed by atoms with Crippen molar-refractivity contribution >= 4 is 16.8 Å². The van der Waals surface area contributed by atoms with Crippen LogP contribution in [0.25, 0.3) is 10.9 Å². The molecule has 6 nitrogen and oxygen atoms in total. The van der Waals surface area contributed by atoms with Gasteiger partial charge in [-0.3, -0.25) is 14.9 Å². The highest BCUT2D eigenvalue weighted by Crippen LogP contribution is 2.06. The summed E-state index contributed by atoms with van der Waals surface area (Å²) < 4.78 is 0. The summed E-state index contributed by atoms with van der Waals surface area (Å²) in [4.78, 5) is 30.3. The Morgan fingerprint density at radius 1 is 1.40 bits per heavy atom. The number of amides is 1. The predicted octanol–water partition coefficient (Wildman–Crippen LogP) is 0.523. The number of H-pyrrole nitrogens is 1. The third kappa shape index (κ3) is 3.03. The van der Waals surface area contributed by atoms with Crippen molar-refractivity contribution in [3.8, 4) is 0 Å². The summed E-state index contributed by atoms with van der Waals surface area (Å²) in [6.07, 6.45) is 0. The van der Waals surface area contributed by atoms with Gasteiger partial charge in [0.2, 0.25) is 5.91 Å². The van der Waals surface area contributed by atoms with Gasteiger partial charge < -0.3 is 10.7 Å². The maximum absolute atomic E-state index is 11.9. The van der Waals surface area contributed by atoms with E-state index in [1.54, 1.807) is 18.2 Å². The predicted molar refractivity (Wildman–Crippen MR) is 77.0 cm³/mol. The van der Waals surface area contributed by atoms with Crippen LogP contribution in [-0.4, -0.2) is 21.9 Å². The largest absolute Gasteiger partial charge is 0.368 e. The number of hydrogen-bond donors (Lipinski definition) is 3. The molecule has 1 heterocycles. The fraction of sp³-hybridized carbons (Fsp3) is 0.357. The molecule has 1 atom stereocenters. The monoisotopic (exact) mass is 274 g/mol. The van der Waals surface area contributed by atoms with Gasteiger partial charge in [0, 0.05) is 0 Å². The minimum absolute atomic E-state index is 0.0691. The number of benzene rings is 1. The molecule has 1 amide bonds. The quantitative estimate of drug-likeness (QED) is 0.740. The first-order chi connectivity index (χ1) is 9.49. The van der Waals surface area contributed by atoms with Crippen LogP contribution in [0, 0.1) is 5.92 Å². The van der Waals surface area contributed by atoms with Crippen molar-refractivity contribution in [1.29, 1.82) is 0 Å². The number of para-hydroxylation sites is 1. The van der Waals surface area contributed by atoms with Crippen LogP contribution in [0.2, 0.25) is 0 Å². The number of nitrogens with one attached hydrogen (secondary N) is 2. The Morgan fingerprint density at radius 2 is 2.10 bits per heavy atom. The van der Waals surface area contributed by atoms with Gasteiger partial charge in [-0.1, -0.05) is 26.0 Å². The summed E-state index contributed by atoms with van der Waals surface area (Å²) in [5.41, 5.74) is 5.77. The van der Waals surface area contributed by atoms with Gasteiger partial charge in [-0.05, 0) is 18.1 Å². The highest BCUT2D eigenvalue weighted by molar-refractivity contribution is 5.80. The van der Waals surface area contributed by atoms with Crippen LogP contribution in [0.1, 0.15) is 19.7 Å². The van der Waals surface area contributed by atoms with Gasteiger partial charge in [0.15, 0.2) is 0 Å². The van der Waals surface area contributed by atoms with E-state index in [1.807, 2.05) is 19.9 Å². The number of aromatic amines is 1. The normalized spacial score (nSPS) is 12.8. The summed E-state index contributed by atoms with van der Waals surface area (Å²) in [5, 5.41) is 3.57. The molecule has 4 N–H and O–H groups in total. The Kier molecular flexibility index (Phi) is 4.14. The zero-order valence-electron chi connectivity index (χ0n) is 11.5. The number of fused-ring (bicyclic) bond motifs is 1. The number of nitrogens with zero attached hydrogens (tertiary/aromatic N) is 1. The first-order valence-corrected chi connectivity index (χ1v) is 6.49. The molecule has 0 radical (unpaired) electrons. The van der Waals surface area contributed by atoms with E-state index in [9.17, 15) is 9.59 Å². The average molecular weight is 274 g/mol. The van der Waals surface area contributed by atoms with Gasteiger partial charge >= 0.3 is 0 Å². The van der Waals surface area contributed by atoms with Gasteiger partial charge in [0.25, 0.3) is 5.56 Å². The van der Waals surface area contributed by atoms with Gasteiger partial charge in [-0.15, -0.1) is 0 Å². The summed E-state index contributed by atoms with van der Waals surface area (Å²) in [5.74, 6) is 0.142. The maximum atomic E-state index is 11.9. The second kappa shape index (κ2) is 5.83. The Bertz CT molecular complexity index is 678. The van der Waals surface area contributed by atoms with E-state index in [2.05, 4.69) is 15.3 Å². The maximum Gasteiger partial charge on any atom is 0.258 e. The van der Waals surface area contributed by atoms with Crippen LogP contribution < -0.4 is 16.6 Å². The summed E-state index contributed by atoms with van der Waals surface area (Å²) in [7, 11) is 0. The Morgan fingerprint density at radius 3 is 2.75 bits per heavy atom. The smallest absolute Gasteiger partial charge is 0.258 e. The molecule has 0 bridgehead atoms. The average Bonchev–Trinajstić information content (AvgIpc) is 2.38. The molecular formula is C14H18N4O2. The van der Waals surface area contributed by atoms with E-state index in [-0.39, 0.29) is 18.0 Å². The number of aromatic nitrogens is 2. The fourth-order valence-electron chi connectivity index (χ4n) is 2.09. The van der Waals surface area contributed by atoms with E-state index in [1.165, 1.54) is 0 Å². The Balaban J connectivity index is 2.22. The topological polar surface area (TPSA) is 101 Å². The van der Waals surface area contributed by atoms with Crippen molar-refractivity contribution in [1.82, 2.24) is 15.3 Å². The van der Waals surface area contributed by atoms with E-state index < -0.39 is 11.9 Å². The lowest BCUT2D eigenvalue weighted by Gasteiger charge is -2.18. The lowest BCUT2D eigenvalue weighted by Crippen LogP contribution is -2.44. The van der Waals surface area contributed by atoms with Gasteiger partial charge in [-0.2, -0.15) is 0 Å². The van der Waals surface area contributed by atoms with E-state index in [0.717, 1.165) is 0 Å². The molecule has 1 unspecified atom stereocenters. The molecule has 20 heavy (non-hydrogen) atoms. The molecule has 1 aromatic heterocycles. The third-order valence-corrected chi connectivity index (χ3v) is 3.12. The first-order valence-electron chi connectivity index (χ1n) is 6.49. The number of carbonyl (C=O) groups is 1. The van der Waals surface area contributed by atoms with Crippen LogP contribution in [0.15, 0.2) is 29.1 Å². The number of nitrogens with two attached hydrogens (primary N) is 1. The summed E-state index contributed by atoms with van der Waals surface area (Å²) in [6, 6.07) is 6.67. The van der Waals surface area contributed by atoms with Crippen molar-refractivity contribution in [2.24, 2.45) is 11.7 Å². The molecule has 0 saturated carbocycles. The molecule has 6 heteroatoms. The molecule has 0 spiro atoms. The van der Waals surface area contributed by atoms with Crippen LogP contribution in [0.4, 0.5) is 0 Å². The number of primary amides is 1. The van der Waals surface area contributed by atoms with Gasteiger partial charge in [0.05, 0.1) is 23.5 Å². The van der Waals surface area contributed by atoms with Crippen molar-refractivity contribution in [3.05, 3.63) is 40.4 Å². The van der Waals surface area contributed by atoms with E-state index >= 15 is 0 Å². The lowest BCUT2D eigenvalue weighted by atomic mass is 10.0. The number of hydrogen-bond acceptors (Lipinski definition) is 4. The minimum atomic E-state index is -0.452. The highest BCUT2D eigenvalue weighted by atomic mass is 16.1.